The number of carbonyl (C=O) groups excluding carboxylic acids is 1. The monoisotopic (exact) mass is 329 g/mol. The maximum atomic E-state index is 12.8. The summed E-state index contributed by atoms with van der Waals surface area (Å²) in [5, 5.41) is 11.8. The van der Waals surface area contributed by atoms with Gasteiger partial charge in [0.1, 0.15) is 5.69 Å². The van der Waals surface area contributed by atoms with Crippen LogP contribution >= 0.6 is 0 Å². The number of fused-ring (bicyclic) bond motifs is 1. The molecule has 1 aromatic heterocycles. The van der Waals surface area contributed by atoms with Crippen molar-refractivity contribution in [3.8, 4) is 0 Å². The highest BCUT2D eigenvalue weighted by Gasteiger charge is 2.32. The molecule has 1 saturated heterocycles. The van der Waals surface area contributed by atoms with E-state index in [9.17, 15) is 9.90 Å². The topological polar surface area (TPSA) is 59.6 Å². The van der Waals surface area contributed by atoms with Crippen molar-refractivity contribution in [2.75, 3.05) is 33.7 Å². The molecule has 5 nitrogen and oxygen atoms in total. The van der Waals surface area contributed by atoms with Gasteiger partial charge in [0.05, 0.1) is 5.60 Å². The molecule has 0 radical (unpaired) electrons. The van der Waals surface area contributed by atoms with Crippen molar-refractivity contribution >= 4 is 16.8 Å². The van der Waals surface area contributed by atoms with E-state index in [0.29, 0.717) is 31.7 Å². The van der Waals surface area contributed by atoms with E-state index in [1.54, 1.807) is 0 Å². The molecule has 0 saturated carbocycles. The molecule has 1 fully saturated rings. The number of benzene rings is 1. The number of amides is 1. The van der Waals surface area contributed by atoms with Crippen molar-refractivity contribution in [3.05, 3.63) is 35.5 Å². The first-order valence-electron chi connectivity index (χ1n) is 8.62. The SMILES string of the molecule is Cc1ccc2cc(C(=O)N3CCCC(O)(CN(C)C)CC3)[nH]c2c1. The van der Waals surface area contributed by atoms with Crippen molar-refractivity contribution < 1.29 is 9.90 Å². The van der Waals surface area contributed by atoms with Gasteiger partial charge in [-0.05, 0) is 58.0 Å². The number of aromatic nitrogens is 1. The van der Waals surface area contributed by atoms with Crippen LogP contribution in [0.4, 0.5) is 0 Å². The minimum atomic E-state index is -0.698. The number of carbonyl (C=O) groups is 1. The van der Waals surface area contributed by atoms with Gasteiger partial charge in [-0.15, -0.1) is 0 Å². The van der Waals surface area contributed by atoms with Gasteiger partial charge in [-0.1, -0.05) is 12.1 Å². The third-order valence-electron chi connectivity index (χ3n) is 4.82. The number of aryl methyl sites for hydroxylation is 1. The summed E-state index contributed by atoms with van der Waals surface area (Å²) in [5.74, 6) is 0.0259. The van der Waals surface area contributed by atoms with Crippen molar-refractivity contribution in [1.29, 1.82) is 0 Å². The maximum absolute atomic E-state index is 12.8. The fourth-order valence-electron chi connectivity index (χ4n) is 3.66. The molecule has 1 aliphatic heterocycles. The number of hydrogen-bond donors (Lipinski definition) is 2. The molecule has 0 spiro atoms. The standard InChI is InChI=1S/C19H27N3O2/c1-14-5-6-15-12-17(20-16(15)11-14)18(23)22-9-4-7-19(24,8-10-22)13-21(2)3/h5-6,11-12,20,24H,4,7-10,13H2,1-3H3. The van der Waals surface area contributed by atoms with Crippen molar-refractivity contribution in [3.63, 3.8) is 0 Å². The zero-order valence-electron chi connectivity index (χ0n) is 14.8. The lowest BCUT2D eigenvalue weighted by molar-refractivity contribution is 0.00303. The highest BCUT2D eigenvalue weighted by atomic mass is 16.3. The van der Waals surface area contributed by atoms with Crippen LogP contribution in [0, 0.1) is 6.92 Å². The lowest BCUT2D eigenvalue weighted by Gasteiger charge is -2.29. The maximum Gasteiger partial charge on any atom is 0.270 e. The molecule has 5 heteroatoms. The molecule has 0 bridgehead atoms. The Morgan fingerprint density at radius 3 is 2.83 bits per heavy atom. The number of H-pyrrole nitrogens is 1. The van der Waals surface area contributed by atoms with E-state index in [-0.39, 0.29) is 5.91 Å². The van der Waals surface area contributed by atoms with Gasteiger partial charge >= 0.3 is 0 Å². The third-order valence-corrected chi connectivity index (χ3v) is 4.82. The Balaban J connectivity index is 1.74. The minimum Gasteiger partial charge on any atom is -0.388 e. The van der Waals surface area contributed by atoms with Crippen LogP contribution in [-0.2, 0) is 0 Å². The van der Waals surface area contributed by atoms with E-state index >= 15 is 0 Å². The van der Waals surface area contributed by atoms with E-state index in [2.05, 4.69) is 17.1 Å². The number of nitrogens with one attached hydrogen (secondary N) is 1. The predicted octanol–water partition coefficient (Wildman–Crippen LogP) is 2.40. The second kappa shape index (κ2) is 6.57. The molecule has 1 atom stereocenters. The fraction of sp³-hybridized carbons (Fsp3) is 0.526. The van der Waals surface area contributed by atoms with Gasteiger partial charge in [-0.25, -0.2) is 0 Å². The van der Waals surface area contributed by atoms with Crippen molar-refractivity contribution in [2.24, 2.45) is 0 Å². The molecule has 1 unspecified atom stereocenters. The highest BCUT2D eigenvalue weighted by molar-refractivity contribution is 5.98. The van der Waals surface area contributed by atoms with Crippen LogP contribution in [0.25, 0.3) is 10.9 Å². The van der Waals surface area contributed by atoms with E-state index in [4.69, 9.17) is 0 Å². The summed E-state index contributed by atoms with van der Waals surface area (Å²) in [6, 6.07) is 8.08. The van der Waals surface area contributed by atoms with Gasteiger partial charge in [0, 0.05) is 30.5 Å². The van der Waals surface area contributed by atoms with Crippen LogP contribution in [0.3, 0.4) is 0 Å². The lowest BCUT2D eigenvalue weighted by Crippen LogP contribution is -2.41. The Bertz CT molecular complexity index is 737. The van der Waals surface area contributed by atoms with Crippen LogP contribution in [-0.4, -0.2) is 65.1 Å². The second-order valence-corrected chi connectivity index (χ2v) is 7.38. The number of nitrogens with zero attached hydrogens (tertiary/aromatic N) is 2. The van der Waals surface area contributed by atoms with Crippen LogP contribution in [0.15, 0.2) is 24.3 Å². The number of likely N-dealkylation sites (tertiary alicyclic amines) is 1. The second-order valence-electron chi connectivity index (χ2n) is 7.38. The van der Waals surface area contributed by atoms with E-state index < -0.39 is 5.60 Å². The highest BCUT2D eigenvalue weighted by Crippen LogP contribution is 2.25. The molecular formula is C19H27N3O2. The average molecular weight is 329 g/mol. The summed E-state index contributed by atoms with van der Waals surface area (Å²) >= 11 is 0. The zero-order chi connectivity index (χ0) is 17.3. The van der Waals surface area contributed by atoms with E-state index in [1.165, 1.54) is 5.56 Å². The summed E-state index contributed by atoms with van der Waals surface area (Å²) in [4.78, 5) is 20.0. The third kappa shape index (κ3) is 3.62. The molecule has 1 aliphatic rings. The molecule has 1 aromatic carbocycles. The van der Waals surface area contributed by atoms with Gasteiger partial charge in [0.25, 0.3) is 5.91 Å². The molecule has 2 heterocycles. The Morgan fingerprint density at radius 2 is 2.08 bits per heavy atom. The minimum absolute atomic E-state index is 0.0259. The van der Waals surface area contributed by atoms with E-state index in [0.717, 1.165) is 23.7 Å². The lowest BCUT2D eigenvalue weighted by atomic mass is 9.94. The van der Waals surface area contributed by atoms with E-state index in [1.807, 2.05) is 43.0 Å². The Morgan fingerprint density at radius 1 is 1.29 bits per heavy atom. The van der Waals surface area contributed by atoms with Crippen molar-refractivity contribution in [1.82, 2.24) is 14.8 Å². The Labute approximate surface area is 143 Å². The molecule has 130 valence electrons. The van der Waals surface area contributed by atoms with Gasteiger partial charge in [0.2, 0.25) is 0 Å². The van der Waals surface area contributed by atoms with Crippen molar-refractivity contribution in [2.45, 2.75) is 31.8 Å². The average Bonchev–Trinajstić information content (AvgIpc) is 2.82. The molecule has 3 rings (SSSR count). The number of aromatic amines is 1. The normalized spacial score (nSPS) is 22.1. The van der Waals surface area contributed by atoms with Gasteiger partial charge in [-0.2, -0.15) is 0 Å². The summed E-state index contributed by atoms with van der Waals surface area (Å²) in [5.41, 5.74) is 2.11. The first kappa shape index (κ1) is 17.0. The number of likely N-dealkylation sites (N-methyl/N-ethyl adjacent to an activating group) is 1. The molecular weight excluding hydrogens is 302 g/mol. The molecule has 2 N–H and O–H groups in total. The van der Waals surface area contributed by atoms with Crippen LogP contribution < -0.4 is 0 Å². The predicted molar refractivity (Wildman–Crippen MR) is 96.3 cm³/mol. The Hall–Kier alpha value is -1.85. The summed E-state index contributed by atoms with van der Waals surface area (Å²) in [6.07, 6.45) is 2.19. The van der Waals surface area contributed by atoms with Gasteiger partial charge in [-0.3, -0.25) is 4.79 Å². The molecule has 0 aliphatic carbocycles. The first-order valence-corrected chi connectivity index (χ1v) is 8.62. The van der Waals surface area contributed by atoms with Crippen LogP contribution in [0.5, 0.6) is 0 Å². The quantitative estimate of drug-likeness (QED) is 0.909. The smallest absolute Gasteiger partial charge is 0.270 e. The summed E-state index contributed by atoms with van der Waals surface area (Å²) < 4.78 is 0. The van der Waals surface area contributed by atoms with Crippen LogP contribution in [0.2, 0.25) is 0 Å². The molecule has 24 heavy (non-hydrogen) atoms. The largest absolute Gasteiger partial charge is 0.388 e. The summed E-state index contributed by atoms with van der Waals surface area (Å²) in [6.45, 7) is 3.98. The zero-order valence-corrected chi connectivity index (χ0v) is 14.8. The number of hydrogen-bond acceptors (Lipinski definition) is 3. The molecule has 1 amide bonds. The van der Waals surface area contributed by atoms with Crippen LogP contribution in [0.1, 0.15) is 35.3 Å². The van der Waals surface area contributed by atoms with Gasteiger partial charge < -0.3 is 19.9 Å². The van der Waals surface area contributed by atoms with Gasteiger partial charge in [0.15, 0.2) is 0 Å². The number of rotatable bonds is 3. The molecule has 2 aromatic rings. The Kier molecular flexibility index (Phi) is 4.65. The first-order chi connectivity index (χ1) is 11.4. The summed E-state index contributed by atoms with van der Waals surface area (Å²) in [7, 11) is 3.94. The number of aliphatic hydroxyl groups is 1. The fourth-order valence-corrected chi connectivity index (χ4v) is 3.66.